The van der Waals surface area contributed by atoms with Crippen molar-refractivity contribution in [3.63, 3.8) is 0 Å². The summed E-state index contributed by atoms with van der Waals surface area (Å²) in [5.74, 6) is 2.39. The molecule has 182 valence electrons. The first-order valence-corrected chi connectivity index (χ1v) is 12.7. The molecule has 0 bridgehead atoms. The standard InChI is InChI=1S/C26H32N8O/c27-19-5-3-4-17(12-19)24-31-22-23(32-26(28)33-25(22)34(24)20-6-1-2-7-20)30-14-16-8-9-21(29-13-16)18-10-11-35-15-18/h8-11,13,15,17,19-20H,1-7,12,14,27H2,(H3,28,30,32,33). The summed E-state index contributed by atoms with van der Waals surface area (Å²) in [6.07, 6.45) is 14.3. The molecule has 4 heterocycles. The van der Waals surface area contributed by atoms with E-state index in [1.807, 2.05) is 18.3 Å². The van der Waals surface area contributed by atoms with Gasteiger partial charge < -0.3 is 25.8 Å². The highest BCUT2D eigenvalue weighted by Gasteiger charge is 2.31. The Bertz CT molecular complexity index is 1290. The normalized spacial score (nSPS) is 21.1. The van der Waals surface area contributed by atoms with Crippen molar-refractivity contribution in [2.45, 2.75) is 75.9 Å². The minimum atomic E-state index is 0.233. The molecule has 35 heavy (non-hydrogen) atoms. The Morgan fingerprint density at radius 3 is 2.66 bits per heavy atom. The molecule has 0 aromatic carbocycles. The molecule has 9 nitrogen and oxygen atoms in total. The second-order valence-corrected chi connectivity index (χ2v) is 9.92. The van der Waals surface area contributed by atoms with Crippen LogP contribution in [0.25, 0.3) is 22.4 Å². The van der Waals surface area contributed by atoms with Crippen molar-refractivity contribution in [3.8, 4) is 11.3 Å². The fraction of sp³-hybridized carbons (Fsp3) is 0.462. The van der Waals surface area contributed by atoms with Crippen molar-refractivity contribution in [1.29, 1.82) is 0 Å². The van der Waals surface area contributed by atoms with E-state index in [4.69, 9.17) is 20.9 Å². The number of rotatable bonds is 6. The number of pyridine rings is 1. The summed E-state index contributed by atoms with van der Waals surface area (Å²) in [7, 11) is 0. The number of nitrogens with one attached hydrogen (secondary N) is 1. The van der Waals surface area contributed by atoms with Crippen molar-refractivity contribution < 1.29 is 4.42 Å². The second-order valence-electron chi connectivity index (χ2n) is 9.92. The molecule has 0 aliphatic heterocycles. The molecule has 9 heteroatoms. The Balaban J connectivity index is 1.33. The first kappa shape index (κ1) is 22.0. The zero-order chi connectivity index (χ0) is 23.8. The van der Waals surface area contributed by atoms with Gasteiger partial charge in [0.1, 0.15) is 5.82 Å². The fourth-order valence-electron chi connectivity index (χ4n) is 5.70. The highest BCUT2D eigenvalue weighted by atomic mass is 16.3. The molecular formula is C26H32N8O. The number of furan rings is 1. The quantitative estimate of drug-likeness (QED) is 0.365. The van der Waals surface area contributed by atoms with Crippen molar-refractivity contribution in [2.24, 2.45) is 5.73 Å². The van der Waals surface area contributed by atoms with Gasteiger partial charge >= 0.3 is 0 Å². The van der Waals surface area contributed by atoms with Crippen LogP contribution in [-0.2, 0) is 6.54 Å². The molecule has 2 aliphatic rings. The van der Waals surface area contributed by atoms with Crippen molar-refractivity contribution in [3.05, 3.63) is 48.3 Å². The highest BCUT2D eigenvalue weighted by molar-refractivity contribution is 5.85. The fourth-order valence-corrected chi connectivity index (χ4v) is 5.70. The molecule has 2 atom stereocenters. The van der Waals surface area contributed by atoms with Crippen LogP contribution in [0, 0.1) is 0 Å². The van der Waals surface area contributed by atoms with Crippen LogP contribution >= 0.6 is 0 Å². The first-order chi connectivity index (χ1) is 17.2. The molecule has 4 aromatic heterocycles. The maximum Gasteiger partial charge on any atom is 0.224 e. The van der Waals surface area contributed by atoms with Crippen LogP contribution in [-0.4, -0.2) is 30.5 Å². The third-order valence-corrected chi connectivity index (χ3v) is 7.46. The number of anilines is 2. The van der Waals surface area contributed by atoms with E-state index in [2.05, 4.69) is 30.9 Å². The van der Waals surface area contributed by atoms with Gasteiger partial charge in [0.25, 0.3) is 0 Å². The van der Waals surface area contributed by atoms with Gasteiger partial charge in [0, 0.05) is 36.3 Å². The molecule has 2 aliphatic carbocycles. The van der Waals surface area contributed by atoms with Crippen LogP contribution in [0.15, 0.2) is 41.3 Å². The lowest BCUT2D eigenvalue weighted by atomic mass is 9.85. The van der Waals surface area contributed by atoms with Crippen LogP contribution in [0.5, 0.6) is 0 Å². The molecule has 2 fully saturated rings. The minimum absolute atomic E-state index is 0.233. The summed E-state index contributed by atoms with van der Waals surface area (Å²) >= 11 is 0. The molecule has 0 spiro atoms. The zero-order valence-corrected chi connectivity index (χ0v) is 19.9. The number of nitrogen functional groups attached to an aromatic ring is 1. The molecular weight excluding hydrogens is 440 g/mol. The van der Waals surface area contributed by atoms with E-state index in [1.165, 1.54) is 12.8 Å². The molecule has 0 amide bonds. The molecule has 0 radical (unpaired) electrons. The van der Waals surface area contributed by atoms with E-state index in [1.54, 1.807) is 12.5 Å². The van der Waals surface area contributed by atoms with Crippen molar-refractivity contribution in [2.75, 3.05) is 11.1 Å². The number of aromatic nitrogens is 5. The summed E-state index contributed by atoms with van der Waals surface area (Å²) in [6, 6.07) is 6.59. The Labute approximate surface area is 204 Å². The van der Waals surface area contributed by atoms with Crippen LogP contribution in [0.4, 0.5) is 11.8 Å². The van der Waals surface area contributed by atoms with Crippen LogP contribution in [0.3, 0.4) is 0 Å². The maximum absolute atomic E-state index is 6.36. The lowest BCUT2D eigenvalue weighted by Gasteiger charge is -2.28. The average Bonchev–Trinajstić information content (AvgIpc) is 3.64. The molecule has 5 N–H and O–H groups in total. The summed E-state index contributed by atoms with van der Waals surface area (Å²) in [6.45, 7) is 0.560. The summed E-state index contributed by atoms with van der Waals surface area (Å²) in [5.41, 5.74) is 17.1. The number of hydrogen-bond acceptors (Lipinski definition) is 8. The Hall–Kier alpha value is -3.46. The number of imidazole rings is 1. The van der Waals surface area contributed by atoms with Crippen molar-refractivity contribution >= 4 is 22.9 Å². The summed E-state index contributed by atoms with van der Waals surface area (Å²) < 4.78 is 7.53. The molecule has 2 unspecified atom stereocenters. The number of fused-ring (bicyclic) bond motifs is 1. The lowest BCUT2D eigenvalue weighted by Crippen LogP contribution is -2.28. The highest BCUT2D eigenvalue weighted by Crippen LogP contribution is 2.40. The van der Waals surface area contributed by atoms with Crippen molar-refractivity contribution in [1.82, 2.24) is 24.5 Å². The largest absolute Gasteiger partial charge is 0.472 e. The van der Waals surface area contributed by atoms with Gasteiger partial charge in [-0.15, -0.1) is 0 Å². The lowest BCUT2D eigenvalue weighted by molar-refractivity contribution is 0.364. The van der Waals surface area contributed by atoms with Gasteiger partial charge in [-0.3, -0.25) is 4.98 Å². The molecule has 6 rings (SSSR count). The van der Waals surface area contributed by atoms with E-state index < -0.39 is 0 Å². The molecule has 4 aromatic rings. The molecule has 0 saturated heterocycles. The third kappa shape index (κ3) is 4.36. The van der Waals surface area contributed by atoms with E-state index >= 15 is 0 Å². The number of nitrogens with zero attached hydrogens (tertiary/aromatic N) is 5. The van der Waals surface area contributed by atoms with Crippen LogP contribution in [0.1, 0.15) is 74.7 Å². The topological polar surface area (TPSA) is 134 Å². The maximum atomic E-state index is 6.36. The third-order valence-electron chi connectivity index (χ3n) is 7.46. The first-order valence-electron chi connectivity index (χ1n) is 12.7. The predicted octanol–water partition coefficient (Wildman–Crippen LogP) is 4.78. The Kier molecular flexibility index (Phi) is 5.85. The predicted molar refractivity (Wildman–Crippen MR) is 136 cm³/mol. The SMILES string of the molecule is Nc1nc(NCc2ccc(-c3ccoc3)nc2)c2nc(C3CCCC(N)C3)n(C3CCCC3)c2n1. The average molecular weight is 473 g/mol. The van der Waals surface area contributed by atoms with Gasteiger partial charge in [-0.1, -0.05) is 25.3 Å². The van der Waals surface area contributed by atoms with E-state index in [-0.39, 0.29) is 12.0 Å². The van der Waals surface area contributed by atoms with E-state index in [9.17, 15) is 0 Å². The monoisotopic (exact) mass is 472 g/mol. The van der Waals surface area contributed by atoms with Gasteiger partial charge in [-0.2, -0.15) is 9.97 Å². The zero-order valence-electron chi connectivity index (χ0n) is 19.9. The molecule has 2 saturated carbocycles. The summed E-state index contributed by atoms with van der Waals surface area (Å²) in [5, 5.41) is 3.45. The Morgan fingerprint density at radius 2 is 1.91 bits per heavy atom. The summed E-state index contributed by atoms with van der Waals surface area (Å²) in [4.78, 5) is 18.9. The number of nitrogens with two attached hydrogens (primary N) is 2. The van der Waals surface area contributed by atoms with E-state index in [0.717, 1.165) is 72.3 Å². The number of hydrogen-bond donors (Lipinski definition) is 3. The van der Waals surface area contributed by atoms with Gasteiger partial charge in [0.15, 0.2) is 17.0 Å². The van der Waals surface area contributed by atoms with Gasteiger partial charge in [0.2, 0.25) is 5.95 Å². The van der Waals surface area contributed by atoms with E-state index in [0.29, 0.717) is 24.3 Å². The second kappa shape index (κ2) is 9.30. The smallest absolute Gasteiger partial charge is 0.224 e. The Morgan fingerprint density at radius 1 is 1.03 bits per heavy atom. The van der Waals surface area contributed by atoms with Gasteiger partial charge in [-0.25, -0.2) is 4.98 Å². The van der Waals surface area contributed by atoms with Crippen LogP contribution in [0.2, 0.25) is 0 Å². The van der Waals surface area contributed by atoms with Gasteiger partial charge in [-0.05, 0) is 49.8 Å². The minimum Gasteiger partial charge on any atom is -0.472 e. The van der Waals surface area contributed by atoms with Gasteiger partial charge in [0.05, 0.1) is 18.2 Å². The van der Waals surface area contributed by atoms with Crippen LogP contribution < -0.4 is 16.8 Å².